The van der Waals surface area contributed by atoms with Gasteiger partial charge in [0.05, 0.1) is 25.4 Å². The average Bonchev–Trinajstić information content (AvgIpc) is 3.45. The minimum Gasteiger partial charge on any atom is -0.454 e. The number of rotatable bonds is 54. The maximum Gasteiger partial charge on any atom is 0.306 e. The van der Waals surface area contributed by atoms with Crippen LogP contribution in [0.15, 0.2) is 85.1 Å². The summed E-state index contributed by atoms with van der Waals surface area (Å²) in [5.41, 5.74) is 0. The van der Waals surface area contributed by atoms with E-state index >= 15 is 0 Å². The van der Waals surface area contributed by atoms with Crippen molar-refractivity contribution in [3.05, 3.63) is 85.1 Å². The molecule has 1 fully saturated rings. The molecule has 8 unspecified atom stereocenters. The van der Waals surface area contributed by atoms with Gasteiger partial charge in [-0.3, -0.25) is 9.59 Å². The Morgan fingerprint density at radius 2 is 0.962 bits per heavy atom. The van der Waals surface area contributed by atoms with E-state index in [0.29, 0.717) is 12.8 Å². The lowest BCUT2D eigenvalue weighted by molar-refractivity contribution is -0.305. The first kappa shape index (κ1) is 73.9. The first-order valence-electron chi connectivity index (χ1n) is 32.4. The van der Waals surface area contributed by atoms with Crippen LogP contribution >= 0.6 is 0 Å². The van der Waals surface area contributed by atoms with Crippen molar-refractivity contribution >= 4 is 11.9 Å². The summed E-state index contributed by atoms with van der Waals surface area (Å²) in [5, 5.41) is 56.9. The number of hydrogen-bond acceptors (Lipinski definition) is 10. The van der Waals surface area contributed by atoms with E-state index in [1.807, 2.05) is 42.5 Å². The quantitative estimate of drug-likeness (QED) is 0.0149. The third-order valence-electron chi connectivity index (χ3n) is 14.9. The van der Waals surface area contributed by atoms with Gasteiger partial charge in [0, 0.05) is 6.42 Å². The van der Waals surface area contributed by atoms with Gasteiger partial charge in [-0.2, -0.15) is 0 Å². The van der Waals surface area contributed by atoms with E-state index < -0.39 is 67.4 Å². The van der Waals surface area contributed by atoms with E-state index in [2.05, 4.69) is 62.5 Å². The summed E-state index contributed by atoms with van der Waals surface area (Å²) in [6, 6.07) is -1.04. The summed E-state index contributed by atoms with van der Waals surface area (Å²) in [5.74, 6) is -1.22. The Bertz CT molecular complexity index is 1610. The van der Waals surface area contributed by atoms with E-state index in [9.17, 15) is 35.1 Å². The number of allylic oxidation sites excluding steroid dienone is 13. The first-order chi connectivity index (χ1) is 38.7. The fourth-order valence-corrected chi connectivity index (χ4v) is 9.75. The van der Waals surface area contributed by atoms with Gasteiger partial charge in [0.15, 0.2) is 12.4 Å². The Balaban J connectivity index is 2.58. The highest BCUT2D eigenvalue weighted by Gasteiger charge is 2.47. The van der Waals surface area contributed by atoms with Crippen molar-refractivity contribution in [3.8, 4) is 0 Å². The number of carbonyl (C=O) groups is 2. The second-order valence-corrected chi connectivity index (χ2v) is 22.2. The minimum absolute atomic E-state index is 0.118. The van der Waals surface area contributed by atoms with E-state index in [1.165, 1.54) is 141 Å². The lowest BCUT2D eigenvalue weighted by atomic mass is 9.99. The van der Waals surface area contributed by atoms with Crippen LogP contribution in [0, 0.1) is 0 Å². The highest BCUT2D eigenvalue weighted by molar-refractivity contribution is 5.80. The van der Waals surface area contributed by atoms with Gasteiger partial charge in [-0.05, 0) is 77.0 Å². The molecule has 0 aromatic heterocycles. The average molecular weight is 1110 g/mol. The molecule has 0 saturated carbocycles. The standard InChI is InChI=1S/C68H119NO10/c1-4-7-10-13-16-19-22-24-26-27-28-29-30-31-32-33-34-35-36-38-41-44-47-50-53-56-63(73)79-66-65(75)64(74)62(57-70)78-68(66)77-58-59(60(71)54-51-48-45-42-39-21-18-15-12-9-6-3)69-67(76)61(72)55-52-49-46-43-40-37-25-23-20-17-14-11-8-5-2/h8,11,14,16-17,19-20,23-26,37,51,54,59-62,64-66,68,70-72,74-75H,4-7,9-10,12-13,15,18,21-22,27-36,38-50,52-53,55-58H2,1-3H3,(H,69,76)/b11-8+,17-14+,19-16-,23-20+,26-24-,37-25-,54-51+. The predicted octanol–water partition coefficient (Wildman–Crippen LogP) is 15.7. The second-order valence-electron chi connectivity index (χ2n) is 22.2. The zero-order valence-electron chi connectivity index (χ0n) is 50.5. The molecule has 0 spiro atoms. The number of unbranched alkanes of at least 4 members (excludes halogenated alkanes) is 31. The van der Waals surface area contributed by atoms with Crippen molar-refractivity contribution in [1.29, 1.82) is 0 Å². The van der Waals surface area contributed by atoms with Crippen molar-refractivity contribution in [2.75, 3.05) is 13.2 Å². The van der Waals surface area contributed by atoms with E-state index in [1.54, 1.807) is 6.08 Å². The summed E-state index contributed by atoms with van der Waals surface area (Å²) in [6.07, 6.45) is 62.0. The van der Waals surface area contributed by atoms with Gasteiger partial charge in [0.2, 0.25) is 5.91 Å². The van der Waals surface area contributed by atoms with E-state index in [0.717, 1.165) is 83.5 Å². The smallest absolute Gasteiger partial charge is 0.306 e. The highest BCUT2D eigenvalue weighted by Crippen LogP contribution is 2.26. The van der Waals surface area contributed by atoms with Gasteiger partial charge in [0.1, 0.15) is 24.4 Å². The molecule has 0 aromatic rings. The fraction of sp³-hybridized carbons (Fsp3) is 0.765. The molecule has 1 heterocycles. The Kier molecular flexibility index (Phi) is 51.8. The maximum atomic E-state index is 13.4. The molecule has 1 aliphatic heterocycles. The number of aliphatic hydroxyl groups is 5. The van der Waals surface area contributed by atoms with Crippen molar-refractivity contribution in [3.63, 3.8) is 0 Å². The summed E-state index contributed by atoms with van der Waals surface area (Å²) in [4.78, 5) is 26.5. The molecular formula is C68H119NO10. The molecule has 0 aliphatic carbocycles. The topological polar surface area (TPSA) is 175 Å². The van der Waals surface area contributed by atoms with Crippen molar-refractivity contribution in [2.24, 2.45) is 0 Å². The molecule has 1 amide bonds. The van der Waals surface area contributed by atoms with Crippen LogP contribution in [-0.4, -0.2) is 99.6 Å². The van der Waals surface area contributed by atoms with Crippen LogP contribution in [-0.2, 0) is 23.8 Å². The van der Waals surface area contributed by atoms with Gasteiger partial charge < -0.3 is 45.1 Å². The molecule has 11 nitrogen and oxygen atoms in total. The van der Waals surface area contributed by atoms with Gasteiger partial charge in [-0.25, -0.2) is 0 Å². The number of nitrogens with one attached hydrogen (secondary N) is 1. The molecular weight excluding hydrogens is 991 g/mol. The SMILES string of the molecule is CC/C=C/C=C/C=C/C=C\CCCCCCC(O)C(=O)NC(COC1OC(CO)C(O)C(O)C1OC(=O)CCCCCCCCCCCCCCCCC/C=C\C/C=C\CCCCC)C(O)/C=C/CCCCCCCCCCC. The molecule has 0 bridgehead atoms. The van der Waals surface area contributed by atoms with Crippen molar-refractivity contribution < 1.29 is 49.3 Å². The van der Waals surface area contributed by atoms with Gasteiger partial charge in [-0.15, -0.1) is 0 Å². The maximum absolute atomic E-state index is 13.4. The summed E-state index contributed by atoms with van der Waals surface area (Å²) in [7, 11) is 0. The summed E-state index contributed by atoms with van der Waals surface area (Å²) >= 11 is 0. The van der Waals surface area contributed by atoms with Crippen molar-refractivity contribution in [2.45, 2.75) is 320 Å². The number of amides is 1. The van der Waals surface area contributed by atoms with Crippen LogP contribution < -0.4 is 5.32 Å². The Morgan fingerprint density at radius 1 is 0.519 bits per heavy atom. The molecule has 456 valence electrons. The molecule has 1 rings (SSSR count). The van der Waals surface area contributed by atoms with Crippen LogP contribution in [0.3, 0.4) is 0 Å². The second kappa shape index (κ2) is 55.4. The lowest BCUT2D eigenvalue weighted by Gasteiger charge is -2.41. The number of hydrogen-bond donors (Lipinski definition) is 6. The van der Waals surface area contributed by atoms with E-state index in [-0.39, 0.29) is 19.4 Å². The van der Waals surface area contributed by atoms with Crippen LogP contribution in [0.2, 0.25) is 0 Å². The fourth-order valence-electron chi connectivity index (χ4n) is 9.75. The summed E-state index contributed by atoms with van der Waals surface area (Å²) < 4.78 is 17.6. The molecule has 79 heavy (non-hydrogen) atoms. The third kappa shape index (κ3) is 43.2. The zero-order chi connectivity index (χ0) is 57.5. The molecule has 11 heteroatoms. The minimum atomic E-state index is -1.62. The lowest BCUT2D eigenvalue weighted by Crippen LogP contribution is -2.61. The van der Waals surface area contributed by atoms with Crippen LogP contribution in [0.1, 0.15) is 271 Å². The van der Waals surface area contributed by atoms with Crippen LogP contribution in [0.25, 0.3) is 0 Å². The molecule has 1 saturated heterocycles. The number of carbonyl (C=O) groups excluding carboxylic acids is 2. The van der Waals surface area contributed by atoms with Gasteiger partial charge in [-0.1, -0.05) is 273 Å². The number of ether oxygens (including phenoxy) is 3. The normalized spacial score (nSPS) is 19.4. The Hall–Kier alpha value is -3.16. The molecule has 0 aromatic carbocycles. The highest BCUT2D eigenvalue weighted by atomic mass is 16.7. The van der Waals surface area contributed by atoms with Crippen molar-refractivity contribution in [1.82, 2.24) is 5.32 Å². The largest absolute Gasteiger partial charge is 0.454 e. The monoisotopic (exact) mass is 1110 g/mol. The van der Waals surface area contributed by atoms with Gasteiger partial charge >= 0.3 is 5.97 Å². The first-order valence-corrected chi connectivity index (χ1v) is 32.4. The van der Waals surface area contributed by atoms with Crippen LogP contribution in [0.5, 0.6) is 0 Å². The molecule has 1 aliphatic rings. The number of aliphatic hydroxyl groups excluding tert-OH is 5. The van der Waals surface area contributed by atoms with Crippen LogP contribution in [0.4, 0.5) is 0 Å². The number of esters is 1. The van der Waals surface area contributed by atoms with Gasteiger partial charge in [0.25, 0.3) is 0 Å². The Labute approximate surface area is 483 Å². The predicted molar refractivity (Wildman–Crippen MR) is 329 cm³/mol. The van der Waals surface area contributed by atoms with E-state index in [4.69, 9.17) is 14.2 Å². The molecule has 8 atom stereocenters. The third-order valence-corrected chi connectivity index (χ3v) is 14.9. The zero-order valence-corrected chi connectivity index (χ0v) is 50.5. The molecule has 0 radical (unpaired) electrons. The Morgan fingerprint density at radius 3 is 1.49 bits per heavy atom. The summed E-state index contributed by atoms with van der Waals surface area (Å²) in [6.45, 7) is 5.61. The molecule has 6 N–H and O–H groups in total.